The van der Waals surface area contributed by atoms with Gasteiger partial charge in [0.1, 0.15) is 34.8 Å². The van der Waals surface area contributed by atoms with Crippen molar-refractivity contribution in [3.63, 3.8) is 0 Å². The molecule has 0 fully saturated rings. The SMILES string of the molecule is COc1c(C#N)c(C#N)c(OC)c2c(C)cccc12. The Bertz CT molecular complexity index is 737. The van der Waals surface area contributed by atoms with Crippen molar-refractivity contribution < 1.29 is 9.47 Å². The molecule has 0 radical (unpaired) electrons. The Morgan fingerprint density at radius 3 is 2.05 bits per heavy atom. The van der Waals surface area contributed by atoms with Gasteiger partial charge in [-0.3, -0.25) is 0 Å². The van der Waals surface area contributed by atoms with E-state index in [9.17, 15) is 10.5 Å². The molecule has 0 saturated heterocycles. The largest absolute Gasteiger partial charge is 0.495 e. The van der Waals surface area contributed by atoms with Crippen LogP contribution in [0.1, 0.15) is 16.7 Å². The maximum Gasteiger partial charge on any atom is 0.146 e. The van der Waals surface area contributed by atoms with Gasteiger partial charge in [-0.05, 0) is 12.5 Å². The summed E-state index contributed by atoms with van der Waals surface area (Å²) < 4.78 is 10.7. The summed E-state index contributed by atoms with van der Waals surface area (Å²) in [6, 6.07) is 9.72. The van der Waals surface area contributed by atoms with Crippen molar-refractivity contribution in [2.45, 2.75) is 6.92 Å². The van der Waals surface area contributed by atoms with E-state index in [1.165, 1.54) is 14.2 Å². The third kappa shape index (κ3) is 1.75. The third-order valence-corrected chi connectivity index (χ3v) is 3.08. The lowest BCUT2D eigenvalue weighted by molar-refractivity contribution is 0.408. The van der Waals surface area contributed by atoms with Gasteiger partial charge in [-0.2, -0.15) is 10.5 Å². The van der Waals surface area contributed by atoms with Gasteiger partial charge in [0, 0.05) is 10.8 Å². The Morgan fingerprint density at radius 1 is 0.947 bits per heavy atom. The summed E-state index contributed by atoms with van der Waals surface area (Å²) >= 11 is 0. The maximum atomic E-state index is 9.30. The molecule has 0 aliphatic rings. The Kier molecular flexibility index (Phi) is 3.27. The highest BCUT2D eigenvalue weighted by atomic mass is 16.5. The molecule has 94 valence electrons. The minimum Gasteiger partial charge on any atom is -0.495 e. The molecule has 0 amide bonds. The molecule has 0 aliphatic carbocycles. The third-order valence-electron chi connectivity index (χ3n) is 3.08. The molecule has 0 atom stereocenters. The van der Waals surface area contributed by atoms with Crippen molar-refractivity contribution in [1.29, 1.82) is 10.5 Å². The second-order valence-electron chi connectivity index (χ2n) is 4.04. The van der Waals surface area contributed by atoms with E-state index in [0.29, 0.717) is 11.5 Å². The second kappa shape index (κ2) is 4.88. The summed E-state index contributed by atoms with van der Waals surface area (Å²) in [5.74, 6) is 0.839. The van der Waals surface area contributed by atoms with Gasteiger partial charge in [-0.1, -0.05) is 18.2 Å². The molecule has 19 heavy (non-hydrogen) atoms. The zero-order valence-corrected chi connectivity index (χ0v) is 10.9. The fourth-order valence-corrected chi connectivity index (χ4v) is 2.27. The fourth-order valence-electron chi connectivity index (χ4n) is 2.27. The number of aryl methyl sites for hydroxylation is 1. The summed E-state index contributed by atoms with van der Waals surface area (Å²) in [5, 5.41) is 20.1. The highest BCUT2D eigenvalue weighted by molar-refractivity contribution is 6.00. The Hall–Kier alpha value is -2.72. The van der Waals surface area contributed by atoms with Crippen molar-refractivity contribution in [2.75, 3.05) is 14.2 Å². The molecular weight excluding hydrogens is 240 g/mol. The molecule has 0 aromatic heterocycles. The van der Waals surface area contributed by atoms with Crippen LogP contribution < -0.4 is 9.47 Å². The van der Waals surface area contributed by atoms with Crippen LogP contribution in [-0.2, 0) is 0 Å². The van der Waals surface area contributed by atoms with Gasteiger partial charge < -0.3 is 9.47 Å². The average molecular weight is 252 g/mol. The number of benzene rings is 2. The average Bonchev–Trinajstić information content (AvgIpc) is 2.44. The molecule has 2 aromatic carbocycles. The van der Waals surface area contributed by atoms with E-state index in [1.54, 1.807) is 0 Å². The van der Waals surface area contributed by atoms with Crippen LogP contribution in [0.2, 0.25) is 0 Å². The number of fused-ring (bicyclic) bond motifs is 1. The van der Waals surface area contributed by atoms with E-state index in [0.717, 1.165) is 16.3 Å². The van der Waals surface area contributed by atoms with Crippen molar-refractivity contribution in [1.82, 2.24) is 0 Å². The Balaban J connectivity index is 3.14. The van der Waals surface area contributed by atoms with Gasteiger partial charge in [0.05, 0.1) is 14.2 Å². The van der Waals surface area contributed by atoms with E-state index < -0.39 is 0 Å². The summed E-state index contributed by atoms with van der Waals surface area (Å²) in [6.07, 6.45) is 0. The van der Waals surface area contributed by atoms with Gasteiger partial charge in [-0.25, -0.2) is 0 Å². The van der Waals surface area contributed by atoms with Crippen LogP contribution in [0.15, 0.2) is 18.2 Å². The molecule has 0 heterocycles. The van der Waals surface area contributed by atoms with Crippen LogP contribution in [0.5, 0.6) is 11.5 Å². The van der Waals surface area contributed by atoms with Crippen LogP contribution in [0, 0.1) is 29.6 Å². The minimum atomic E-state index is 0.208. The lowest BCUT2D eigenvalue weighted by atomic mass is 9.96. The summed E-state index contributed by atoms with van der Waals surface area (Å²) in [4.78, 5) is 0. The molecule has 0 unspecified atom stereocenters. The predicted molar refractivity (Wildman–Crippen MR) is 71.2 cm³/mol. The number of hydrogen-bond donors (Lipinski definition) is 0. The van der Waals surface area contributed by atoms with Gasteiger partial charge in [0.15, 0.2) is 0 Å². The Morgan fingerprint density at radius 2 is 1.53 bits per heavy atom. The number of ether oxygens (including phenoxy) is 2. The first-order valence-corrected chi connectivity index (χ1v) is 5.67. The van der Waals surface area contributed by atoms with Crippen LogP contribution in [0.25, 0.3) is 10.8 Å². The molecule has 2 rings (SSSR count). The van der Waals surface area contributed by atoms with Gasteiger partial charge in [0.2, 0.25) is 0 Å². The standard InChI is InChI=1S/C15H12N2O2/c1-9-5-4-6-10-13(9)15(19-3)12(8-17)11(7-16)14(10)18-2/h4-6H,1-3H3. The van der Waals surface area contributed by atoms with E-state index >= 15 is 0 Å². The van der Waals surface area contributed by atoms with E-state index in [2.05, 4.69) is 0 Å². The number of rotatable bonds is 2. The first-order chi connectivity index (χ1) is 9.19. The van der Waals surface area contributed by atoms with Crippen molar-refractivity contribution >= 4 is 10.8 Å². The lowest BCUT2D eigenvalue weighted by Gasteiger charge is -2.15. The molecule has 0 spiro atoms. The molecule has 0 bridgehead atoms. The van der Waals surface area contributed by atoms with Crippen LogP contribution in [0.3, 0.4) is 0 Å². The van der Waals surface area contributed by atoms with Gasteiger partial charge in [-0.15, -0.1) is 0 Å². The zero-order valence-electron chi connectivity index (χ0n) is 10.9. The number of hydrogen-bond acceptors (Lipinski definition) is 4. The van der Waals surface area contributed by atoms with Crippen molar-refractivity contribution in [3.8, 4) is 23.6 Å². The highest BCUT2D eigenvalue weighted by Gasteiger charge is 2.21. The van der Waals surface area contributed by atoms with Gasteiger partial charge >= 0.3 is 0 Å². The number of nitriles is 2. The lowest BCUT2D eigenvalue weighted by Crippen LogP contribution is -1.99. The van der Waals surface area contributed by atoms with Crippen molar-refractivity contribution in [3.05, 3.63) is 34.9 Å². The molecule has 4 nitrogen and oxygen atoms in total. The molecule has 0 aliphatic heterocycles. The first-order valence-electron chi connectivity index (χ1n) is 5.67. The molecule has 2 aromatic rings. The number of methoxy groups -OCH3 is 2. The van der Waals surface area contributed by atoms with Crippen molar-refractivity contribution in [2.24, 2.45) is 0 Å². The second-order valence-corrected chi connectivity index (χ2v) is 4.04. The summed E-state index contributed by atoms with van der Waals surface area (Å²) in [7, 11) is 2.99. The highest BCUT2D eigenvalue weighted by Crippen LogP contribution is 2.41. The molecule has 0 N–H and O–H groups in total. The smallest absolute Gasteiger partial charge is 0.146 e. The number of nitrogens with zero attached hydrogens (tertiary/aromatic N) is 2. The first kappa shape index (κ1) is 12.7. The topological polar surface area (TPSA) is 66.0 Å². The molecular formula is C15H12N2O2. The van der Waals surface area contributed by atoms with E-state index in [1.807, 2.05) is 37.3 Å². The van der Waals surface area contributed by atoms with E-state index in [4.69, 9.17) is 9.47 Å². The van der Waals surface area contributed by atoms with Crippen LogP contribution >= 0.6 is 0 Å². The van der Waals surface area contributed by atoms with Gasteiger partial charge in [0.25, 0.3) is 0 Å². The minimum absolute atomic E-state index is 0.208. The molecule has 0 saturated carbocycles. The summed E-state index contributed by atoms with van der Waals surface area (Å²) in [6.45, 7) is 1.93. The maximum absolute atomic E-state index is 9.30. The van der Waals surface area contributed by atoms with Crippen LogP contribution in [-0.4, -0.2) is 14.2 Å². The fraction of sp³-hybridized carbons (Fsp3) is 0.200. The monoisotopic (exact) mass is 252 g/mol. The molecule has 4 heteroatoms. The van der Waals surface area contributed by atoms with Crippen LogP contribution in [0.4, 0.5) is 0 Å². The van der Waals surface area contributed by atoms with E-state index in [-0.39, 0.29) is 11.1 Å². The quantitative estimate of drug-likeness (QED) is 0.824. The Labute approximate surface area is 111 Å². The zero-order chi connectivity index (χ0) is 14.0. The predicted octanol–water partition coefficient (Wildman–Crippen LogP) is 2.91. The summed E-state index contributed by atoms with van der Waals surface area (Å²) in [5.41, 5.74) is 1.39. The normalized spacial score (nSPS) is 9.74.